The molecule has 21 heavy (non-hydrogen) atoms. The Kier molecular flexibility index (Phi) is 5.73. The highest BCUT2D eigenvalue weighted by atomic mass is 127. The lowest BCUT2D eigenvalue weighted by atomic mass is 10.2. The highest BCUT2D eigenvalue weighted by Gasteiger charge is 2.05. The number of hydrogen-bond acceptors (Lipinski definition) is 3. The van der Waals surface area contributed by atoms with Gasteiger partial charge in [-0.15, -0.1) is 0 Å². The summed E-state index contributed by atoms with van der Waals surface area (Å²) in [5.41, 5.74) is 3.58. The third-order valence-electron chi connectivity index (χ3n) is 3.20. The molecule has 0 saturated heterocycles. The summed E-state index contributed by atoms with van der Waals surface area (Å²) >= 11 is 2.35. The second kappa shape index (κ2) is 7.54. The van der Waals surface area contributed by atoms with E-state index in [0.29, 0.717) is 6.61 Å². The van der Waals surface area contributed by atoms with Crippen molar-refractivity contribution in [3.63, 3.8) is 0 Å². The predicted molar refractivity (Wildman–Crippen MR) is 95.4 cm³/mol. The zero-order valence-corrected chi connectivity index (χ0v) is 14.7. The Hall–Kier alpha value is -1.43. The first kappa shape index (κ1) is 15.9. The van der Waals surface area contributed by atoms with E-state index in [4.69, 9.17) is 9.47 Å². The van der Waals surface area contributed by atoms with Crippen LogP contribution < -0.4 is 14.8 Å². The maximum atomic E-state index is 5.60. The molecule has 112 valence electrons. The van der Waals surface area contributed by atoms with Crippen molar-refractivity contribution in [1.29, 1.82) is 0 Å². The Morgan fingerprint density at radius 3 is 2.57 bits per heavy atom. The van der Waals surface area contributed by atoms with Crippen LogP contribution in [0.25, 0.3) is 0 Å². The maximum absolute atomic E-state index is 5.60. The molecule has 0 spiro atoms. The van der Waals surface area contributed by atoms with Gasteiger partial charge in [-0.1, -0.05) is 12.1 Å². The topological polar surface area (TPSA) is 30.5 Å². The van der Waals surface area contributed by atoms with Crippen LogP contribution in [0.3, 0.4) is 0 Å². The van der Waals surface area contributed by atoms with Crippen LogP contribution in [-0.4, -0.2) is 13.7 Å². The quantitative estimate of drug-likeness (QED) is 0.722. The van der Waals surface area contributed by atoms with Crippen molar-refractivity contribution in [3.05, 3.63) is 51.1 Å². The monoisotopic (exact) mass is 397 g/mol. The fraction of sp³-hybridized carbons (Fsp3) is 0.294. The summed E-state index contributed by atoms with van der Waals surface area (Å²) in [5, 5.41) is 3.43. The van der Waals surface area contributed by atoms with Crippen LogP contribution in [0.4, 0.5) is 5.69 Å². The summed E-state index contributed by atoms with van der Waals surface area (Å²) in [6.07, 6.45) is 0. The van der Waals surface area contributed by atoms with E-state index in [1.807, 2.05) is 25.1 Å². The van der Waals surface area contributed by atoms with Crippen molar-refractivity contribution < 1.29 is 9.47 Å². The Balaban J connectivity index is 2.08. The van der Waals surface area contributed by atoms with Gasteiger partial charge < -0.3 is 14.8 Å². The van der Waals surface area contributed by atoms with E-state index in [2.05, 4.69) is 53.0 Å². The average Bonchev–Trinajstić information content (AvgIpc) is 2.49. The van der Waals surface area contributed by atoms with E-state index in [1.165, 1.54) is 9.13 Å². The van der Waals surface area contributed by atoms with Crippen LogP contribution in [0.1, 0.15) is 18.1 Å². The molecule has 0 saturated carbocycles. The lowest BCUT2D eigenvalue weighted by molar-refractivity contribution is 0.310. The summed E-state index contributed by atoms with van der Waals surface area (Å²) in [5.74, 6) is 1.56. The van der Waals surface area contributed by atoms with Gasteiger partial charge in [0.15, 0.2) is 11.5 Å². The number of aryl methyl sites for hydroxylation is 1. The molecule has 2 aromatic carbocycles. The van der Waals surface area contributed by atoms with Gasteiger partial charge in [-0.3, -0.25) is 0 Å². The lowest BCUT2D eigenvalue weighted by Crippen LogP contribution is -2.02. The Labute approximate surface area is 139 Å². The first-order valence-electron chi connectivity index (χ1n) is 6.93. The summed E-state index contributed by atoms with van der Waals surface area (Å²) in [4.78, 5) is 0. The summed E-state index contributed by atoms with van der Waals surface area (Å²) in [7, 11) is 1.66. The molecule has 3 nitrogen and oxygen atoms in total. The van der Waals surface area contributed by atoms with Gasteiger partial charge in [0.25, 0.3) is 0 Å². The number of rotatable bonds is 6. The first-order valence-corrected chi connectivity index (χ1v) is 8.01. The van der Waals surface area contributed by atoms with Crippen LogP contribution >= 0.6 is 22.6 Å². The second-order valence-corrected chi connectivity index (χ2v) is 5.90. The van der Waals surface area contributed by atoms with Crippen molar-refractivity contribution in [2.24, 2.45) is 0 Å². The molecule has 0 radical (unpaired) electrons. The number of benzene rings is 2. The highest BCUT2D eigenvalue weighted by Crippen LogP contribution is 2.28. The molecule has 0 aliphatic carbocycles. The van der Waals surface area contributed by atoms with Crippen molar-refractivity contribution in [2.45, 2.75) is 20.4 Å². The predicted octanol–water partition coefficient (Wildman–Crippen LogP) is 4.62. The van der Waals surface area contributed by atoms with Gasteiger partial charge in [0, 0.05) is 15.8 Å². The van der Waals surface area contributed by atoms with Crippen molar-refractivity contribution >= 4 is 28.3 Å². The van der Waals surface area contributed by atoms with E-state index in [9.17, 15) is 0 Å². The van der Waals surface area contributed by atoms with E-state index in [1.54, 1.807) is 7.11 Å². The Morgan fingerprint density at radius 1 is 1.10 bits per heavy atom. The van der Waals surface area contributed by atoms with Gasteiger partial charge in [-0.2, -0.15) is 0 Å². The zero-order valence-electron chi connectivity index (χ0n) is 12.6. The number of halogens is 1. The van der Waals surface area contributed by atoms with Crippen LogP contribution in [-0.2, 0) is 6.54 Å². The molecule has 0 fully saturated rings. The fourth-order valence-electron chi connectivity index (χ4n) is 2.01. The molecule has 0 amide bonds. The zero-order chi connectivity index (χ0) is 15.2. The number of methoxy groups -OCH3 is 1. The van der Waals surface area contributed by atoms with Gasteiger partial charge in [0.2, 0.25) is 0 Å². The standard InChI is InChI=1S/C17H20INO2/c1-4-21-17-9-13(6-8-16(17)20-3)11-19-14-7-5-12(2)15(18)10-14/h5-10,19H,4,11H2,1-3H3. The minimum atomic E-state index is 0.628. The molecular formula is C17H20INO2. The summed E-state index contributed by atoms with van der Waals surface area (Å²) in [6, 6.07) is 12.4. The number of nitrogens with one attached hydrogen (secondary N) is 1. The van der Waals surface area contributed by atoms with Gasteiger partial charge >= 0.3 is 0 Å². The molecule has 0 aliphatic heterocycles. The molecule has 0 unspecified atom stereocenters. The van der Waals surface area contributed by atoms with E-state index >= 15 is 0 Å². The van der Waals surface area contributed by atoms with Crippen LogP contribution in [0.5, 0.6) is 11.5 Å². The van der Waals surface area contributed by atoms with E-state index in [0.717, 1.165) is 29.3 Å². The van der Waals surface area contributed by atoms with Crippen molar-refractivity contribution in [1.82, 2.24) is 0 Å². The van der Waals surface area contributed by atoms with E-state index < -0.39 is 0 Å². The second-order valence-electron chi connectivity index (χ2n) is 4.74. The molecule has 1 N–H and O–H groups in total. The average molecular weight is 397 g/mol. The van der Waals surface area contributed by atoms with Crippen LogP contribution in [0, 0.1) is 10.5 Å². The first-order chi connectivity index (χ1) is 10.1. The molecule has 0 bridgehead atoms. The van der Waals surface area contributed by atoms with E-state index in [-0.39, 0.29) is 0 Å². The molecule has 0 aromatic heterocycles. The lowest BCUT2D eigenvalue weighted by Gasteiger charge is -2.12. The third-order valence-corrected chi connectivity index (χ3v) is 4.36. The molecule has 4 heteroatoms. The maximum Gasteiger partial charge on any atom is 0.161 e. The molecule has 2 aromatic rings. The van der Waals surface area contributed by atoms with Crippen LogP contribution in [0.2, 0.25) is 0 Å². The molecule has 0 heterocycles. The summed E-state index contributed by atoms with van der Waals surface area (Å²) in [6.45, 7) is 5.47. The normalized spacial score (nSPS) is 10.3. The van der Waals surface area contributed by atoms with Crippen molar-refractivity contribution in [2.75, 3.05) is 19.0 Å². The Bertz CT molecular complexity index is 614. The molecular weight excluding hydrogens is 377 g/mol. The fourth-order valence-corrected chi connectivity index (χ4v) is 2.52. The van der Waals surface area contributed by atoms with Crippen molar-refractivity contribution in [3.8, 4) is 11.5 Å². The number of ether oxygens (including phenoxy) is 2. The molecule has 0 aliphatic rings. The van der Waals surface area contributed by atoms with Gasteiger partial charge in [-0.05, 0) is 71.8 Å². The highest BCUT2D eigenvalue weighted by molar-refractivity contribution is 14.1. The van der Waals surface area contributed by atoms with Gasteiger partial charge in [-0.25, -0.2) is 0 Å². The van der Waals surface area contributed by atoms with Crippen LogP contribution in [0.15, 0.2) is 36.4 Å². The SMILES string of the molecule is CCOc1cc(CNc2ccc(C)c(I)c2)ccc1OC. The number of hydrogen-bond donors (Lipinski definition) is 1. The molecule has 2 rings (SSSR count). The molecule has 0 atom stereocenters. The smallest absolute Gasteiger partial charge is 0.161 e. The minimum absolute atomic E-state index is 0.628. The van der Waals surface area contributed by atoms with Gasteiger partial charge in [0.1, 0.15) is 0 Å². The summed E-state index contributed by atoms with van der Waals surface area (Å²) < 4.78 is 12.2. The third kappa shape index (κ3) is 4.27. The Morgan fingerprint density at radius 2 is 1.90 bits per heavy atom. The number of anilines is 1. The largest absolute Gasteiger partial charge is 0.493 e. The minimum Gasteiger partial charge on any atom is -0.493 e. The van der Waals surface area contributed by atoms with Gasteiger partial charge in [0.05, 0.1) is 13.7 Å².